The third-order valence-corrected chi connectivity index (χ3v) is 13.9. The Hall–Kier alpha value is -1.59. The Balaban J connectivity index is 2.06. The third kappa shape index (κ3) is 38.1. The average molecular weight is 963 g/mol. The van der Waals surface area contributed by atoms with Crippen molar-refractivity contribution in [3.8, 4) is 0 Å². The summed E-state index contributed by atoms with van der Waals surface area (Å²) in [5.74, 6) is -0.188. The molecule has 9 nitrogen and oxygen atoms in total. The minimum absolute atomic E-state index is 0.188. The fourth-order valence-electron chi connectivity index (χ4n) is 9.32. The molecular formula is C59H111NO8. The van der Waals surface area contributed by atoms with E-state index < -0.39 is 49.5 Å². The number of carbonyl (C=O) groups is 1. The first kappa shape index (κ1) is 64.4. The molecule has 0 aromatic heterocycles. The molecule has 0 aromatic carbocycles. The number of amides is 1. The van der Waals surface area contributed by atoms with Gasteiger partial charge in [0.2, 0.25) is 5.91 Å². The predicted molar refractivity (Wildman–Crippen MR) is 286 cm³/mol. The van der Waals surface area contributed by atoms with Crippen LogP contribution < -0.4 is 5.32 Å². The number of unbranched alkanes of at least 4 members (excludes halogenated alkanes) is 36. The highest BCUT2D eigenvalue weighted by atomic mass is 16.7. The van der Waals surface area contributed by atoms with Gasteiger partial charge in [0, 0.05) is 6.42 Å². The van der Waals surface area contributed by atoms with Crippen molar-refractivity contribution in [3.05, 3.63) is 36.5 Å². The molecule has 0 bridgehead atoms. The lowest BCUT2D eigenvalue weighted by Gasteiger charge is -2.40. The summed E-state index contributed by atoms with van der Waals surface area (Å²) >= 11 is 0. The predicted octanol–water partition coefficient (Wildman–Crippen LogP) is 14.4. The van der Waals surface area contributed by atoms with Gasteiger partial charge in [0.15, 0.2) is 6.29 Å². The fourth-order valence-corrected chi connectivity index (χ4v) is 9.32. The normalized spacial score (nSPS) is 19.8. The number of carbonyl (C=O) groups excluding carboxylic acids is 1. The minimum atomic E-state index is -1.57. The van der Waals surface area contributed by atoms with E-state index in [1.165, 1.54) is 199 Å². The first-order valence-corrected chi connectivity index (χ1v) is 29.2. The highest BCUT2D eigenvalue weighted by molar-refractivity contribution is 5.76. The molecule has 0 radical (unpaired) electrons. The monoisotopic (exact) mass is 962 g/mol. The van der Waals surface area contributed by atoms with Gasteiger partial charge in [0.05, 0.1) is 25.4 Å². The summed E-state index contributed by atoms with van der Waals surface area (Å²) in [4.78, 5) is 13.0. The van der Waals surface area contributed by atoms with Crippen LogP contribution in [-0.4, -0.2) is 87.5 Å². The van der Waals surface area contributed by atoms with Crippen molar-refractivity contribution in [1.82, 2.24) is 5.32 Å². The van der Waals surface area contributed by atoms with Crippen molar-refractivity contribution in [2.24, 2.45) is 0 Å². The summed E-state index contributed by atoms with van der Waals surface area (Å²) in [6.45, 7) is 3.70. The van der Waals surface area contributed by atoms with Crippen LogP contribution in [0.15, 0.2) is 36.5 Å². The minimum Gasteiger partial charge on any atom is -0.394 e. The van der Waals surface area contributed by atoms with Crippen LogP contribution in [0.25, 0.3) is 0 Å². The molecule has 7 atom stereocenters. The van der Waals surface area contributed by atoms with Gasteiger partial charge in [-0.15, -0.1) is 0 Å². The number of hydrogen-bond acceptors (Lipinski definition) is 8. The summed E-state index contributed by atoms with van der Waals surface area (Å²) < 4.78 is 11.2. The Morgan fingerprint density at radius 2 is 0.838 bits per heavy atom. The zero-order valence-corrected chi connectivity index (χ0v) is 44.4. The summed E-state index contributed by atoms with van der Waals surface area (Å²) in [5, 5.41) is 54.2. The number of allylic oxidation sites excluding steroid dienone is 5. The van der Waals surface area contributed by atoms with Gasteiger partial charge in [-0.3, -0.25) is 4.79 Å². The molecule has 1 aliphatic rings. The fraction of sp³-hybridized carbons (Fsp3) is 0.881. The molecule has 0 spiro atoms. The number of ether oxygens (including phenoxy) is 2. The zero-order chi connectivity index (χ0) is 49.4. The molecule has 7 unspecified atom stereocenters. The lowest BCUT2D eigenvalue weighted by atomic mass is 9.99. The first-order valence-electron chi connectivity index (χ1n) is 29.2. The molecule has 0 aliphatic carbocycles. The van der Waals surface area contributed by atoms with Crippen molar-refractivity contribution >= 4 is 5.91 Å². The summed E-state index contributed by atoms with van der Waals surface area (Å²) in [5.41, 5.74) is 0. The van der Waals surface area contributed by atoms with Crippen LogP contribution in [0.1, 0.15) is 277 Å². The molecule has 1 fully saturated rings. The second-order valence-corrected chi connectivity index (χ2v) is 20.4. The van der Waals surface area contributed by atoms with Crippen molar-refractivity contribution in [1.29, 1.82) is 0 Å². The van der Waals surface area contributed by atoms with Gasteiger partial charge in [-0.1, -0.05) is 269 Å². The summed E-state index contributed by atoms with van der Waals surface area (Å²) in [6.07, 6.45) is 56.9. The summed E-state index contributed by atoms with van der Waals surface area (Å²) in [7, 11) is 0. The van der Waals surface area contributed by atoms with Crippen molar-refractivity contribution < 1.29 is 39.8 Å². The number of rotatable bonds is 50. The topological polar surface area (TPSA) is 149 Å². The van der Waals surface area contributed by atoms with Crippen LogP contribution in [-0.2, 0) is 14.3 Å². The Labute approximate surface area is 419 Å². The maximum atomic E-state index is 13.0. The standard InChI is InChI=1S/C59H111NO8/c1-3-5-7-9-11-13-15-16-17-18-19-20-21-22-23-24-25-26-27-28-29-30-31-32-33-34-35-36-37-39-41-43-45-47-49-55(63)60-52(51-67-59-58(66)57(65)56(64)54(50-61)68-59)53(62)48-46-44-42-40-38-14-12-10-8-6-4-2/h8,10,38,40,46,48,52-54,56-59,61-62,64-66H,3-7,9,11-37,39,41-45,47,49-51H2,1-2H3,(H,60,63)/b10-8+,40-38+,48-46+. The largest absolute Gasteiger partial charge is 0.394 e. The lowest BCUT2D eigenvalue weighted by Crippen LogP contribution is -2.60. The molecule has 6 N–H and O–H groups in total. The van der Waals surface area contributed by atoms with E-state index in [1.54, 1.807) is 6.08 Å². The SMILES string of the molecule is CCC/C=C/CC/C=C/CC/C=C/C(O)C(COC1OC(CO)C(O)C(O)C1O)NC(=O)CCCCCCCCCCCCCCCCCCCCCCCCCCCCCCCCCCCC. The third-order valence-electron chi connectivity index (χ3n) is 13.9. The van der Waals surface area contributed by atoms with Crippen LogP contribution in [0.5, 0.6) is 0 Å². The number of aliphatic hydroxyl groups is 5. The molecular weight excluding hydrogens is 851 g/mol. The van der Waals surface area contributed by atoms with E-state index in [0.717, 1.165) is 57.8 Å². The lowest BCUT2D eigenvalue weighted by molar-refractivity contribution is -0.302. The Morgan fingerprint density at radius 3 is 1.21 bits per heavy atom. The van der Waals surface area contributed by atoms with Gasteiger partial charge < -0.3 is 40.3 Å². The van der Waals surface area contributed by atoms with Gasteiger partial charge in [0.1, 0.15) is 24.4 Å². The van der Waals surface area contributed by atoms with Crippen LogP contribution in [0.4, 0.5) is 0 Å². The second kappa shape index (κ2) is 49.0. The molecule has 1 amide bonds. The molecule has 0 saturated carbocycles. The van der Waals surface area contributed by atoms with Crippen molar-refractivity contribution in [2.45, 2.75) is 320 Å². The van der Waals surface area contributed by atoms with Gasteiger partial charge >= 0.3 is 0 Å². The highest BCUT2D eigenvalue weighted by Gasteiger charge is 2.44. The average Bonchev–Trinajstić information content (AvgIpc) is 3.34. The van der Waals surface area contributed by atoms with Crippen molar-refractivity contribution in [2.75, 3.05) is 13.2 Å². The molecule has 1 heterocycles. The van der Waals surface area contributed by atoms with E-state index >= 15 is 0 Å². The maximum absolute atomic E-state index is 13.0. The molecule has 1 rings (SSSR count). The van der Waals surface area contributed by atoms with E-state index in [2.05, 4.69) is 43.5 Å². The maximum Gasteiger partial charge on any atom is 0.220 e. The first-order chi connectivity index (χ1) is 33.3. The van der Waals surface area contributed by atoms with E-state index in [1.807, 2.05) is 6.08 Å². The van der Waals surface area contributed by atoms with E-state index in [9.17, 15) is 30.3 Å². The van der Waals surface area contributed by atoms with Crippen LogP contribution in [0.2, 0.25) is 0 Å². The van der Waals surface area contributed by atoms with Crippen LogP contribution >= 0.6 is 0 Å². The van der Waals surface area contributed by atoms with E-state index in [4.69, 9.17) is 9.47 Å². The molecule has 9 heteroatoms. The summed E-state index contributed by atoms with van der Waals surface area (Å²) in [6, 6.07) is -0.824. The van der Waals surface area contributed by atoms with Gasteiger partial charge in [-0.05, 0) is 38.5 Å². The number of hydrogen-bond donors (Lipinski definition) is 6. The molecule has 68 heavy (non-hydrogen) atoms. The van der Waals surface area contributed by atoms with Crippen LogP contribution in [0, 0.1) is 0 Å². The zero-order valence-electron chi connectivity index (χ0n) is 44.4. The van der Waals surface area contributed by atoms with Crippen LogP contribution in [0.3, 0.4) is 0 Å². The molecule has 0 aromatic rings. The Kier molecular flexibility index (Phi) is 46.4. The second-order valence-electron chi connectivity index (χ2n) is 20.4. The van der Waals surface area contributed by atoms with Crippen molar-refractivity contribution in [3.63, 3.8) is 0 Å². The van der Waals surface area contributed by atoms with Gasteiger partial charge in [0.25, 0.3) is 0 Å². The quantitative estimate of drug-likeness (QED) is 0.0261. The highest BCUT2D eigenvalue weighted by Crippen LogP contribution is 2.23. The van der Waals surface area contributed by atoms with Gasteiger partial charge in [-0.2, -0.15) is 0 Å². The molecule has 1 aliphatic heterocycles. The van der Waals surface area contributed by atoms with E-state index in [-0.39, 0.29) is 12.5 Å². The number of aliphatic hydroxyl groups excluding tert-OH is 5. The Morgan fingerprint density at radius 1 is 0.485 bits per heavy atom. The smallest absolute Gasteiger partial charge is 0.220 e. The van der Waals surface area contributed by atoms with Gasteiger partial charge in [-0.25, -0.2) is 0 Å². The Bertz CT molecular complexity index is 1160. The number of nitrogens with one attached hydrogen (secondary N) is 1. The van der Waals surface area contributed by atoms with E-state index in [0.29, 0.717) is 6.42 Å². The molecule has 400 valence electrons. The molecule has 1 saturated heterocycles.